The van der Waals surface area contributed by atoms with Crippen LogP contribution in [0.3, 0.4) is 0 Å². The number of carbonyl (C=O) groups excluding carboxylic acids is 1. The zero-order valence-corrected chi connectivity index (χ0v) is 13.6. The van der Waals surface area contributed by atoms with Crippen molar-refractivity contribution in [1.29, 1.82) is 0 Å². The second-order valence-electron chi connectivity index (χ2n) is 4.56. The van der Waals surface area contributed by atoms with Crippen molar-refractivity contribution >= 4 is 46.6 Å². The van der Waals surface area contributed by atoms with Crippen molar-refractivity contribution in [3.63, 3.8) is 0 Å². The second-order valence-corrected chi connectivity index (χ2v) is 5.81. The van der Waals surface area contributed by atoms with E-state index in [4.69, 9.17) is 5.73 Å². The largest absolute Gasteiger partial charge is 0.329 e. The van der Waals surface area contributed by atoms with Crippen molar-refractivity contribution in [2.24, 2.45) is 5.73 Å². The molecule has 1 atom stereocenters. The summed E-state index contributed by atoms with van der Waals surface area (Å²) < 4.78 is 1.12. The molecular weight excluding hydrogens is 377 g/mol. The van der Waals surface area contributed by atoms with Gasteiger partial charge in [0.25, 0.3) is 0 Å². The molecule has 1 saturated heterocycles. The molecule has 0 aromatic heterocycles. The number of benzene rings is 1. The fraction of sp³-hybridized carbons (Fsp3) is 0.462. The molecule has 0 radical (unpaired) electrons. The van der Waals surface area contributed by atoms with Crippen LogP contribution in [0, 0.1) is 3.57 Å². The predicted molar refractivity (Wildman–Crippen MR) is 88.7 cm³/mol. The van der Waals surface area contributed by atoms with Gasteiger partial charge in [0.05, 0.1) is 6.54 Å². The van der Waals surface area contributed by atoms with Crippen LogP contribution in [0.5, 0.6) is 0 Å². The Labute approximate surface area is 133 Å². The number of amides is 1. The summed E-state index contributed by atoms with van der Waals surface area (Å²) in [7, 11) is 0. The van der Waals surface area contributed by atoms with Crippen LogP contribution in [0.4, 0.5) is 5.69 Å². The van der Waals surface area contributed by atoms with E-state index in [-0.39, 0.29) is 18.3 Å². The zero-order chi connectivity index (χ0) is 13.0. The van der Waals surface area contributed by atoms with Gasteiger partial charge in [-0.15, -0.1) is 12.4 Å². The minimum Gasteiger partial charge on any atom is -0.329 e. The average molecular weight is 396 g/mol. The van der Waals surface area contributed by atoms with Gasteiger partial charge in [-0.3, -0.25) is 9.69 Å². The summed E-state index contributed by atoms with van der Waals surface area (Å²) >= 11 is 2.23. The maximum absolute atomic E-state index is 11.9. The van der Waals surface area contributed by atoms with E-state index < -0.39 is 0 Å². The highest BCUT2D eigenvalue weighted by Gasteiger charge is 2.24. The molecule has 6 heteroatoms. The van der Waals surface area contributed by atoms with Crippen molar-refractivity contribution in [2.45, 2.75) is 18.9 Å². The maximum atomic E-state index is 11.9. The van der Waals surface area contributed by atoms with Crippen LogP contribution in [0.15, 0.2) is 24.3 Å². The van der Waals surface area contributed by atoms with Gasteiger partial charge in [-0.25, -0.2) is 0 Å². The molecule has 0 spiro atoms. The molecular formula is C13H19ClIN3O. The number of rotatable bonds is 4. The Kier molecular flexibility index (Phi) is 7.06. The topological polar surface area (TPSA) is 58.4 Å². The standard InChI is InChI=1S/C13H18IN3O.ClH/c14-10-3-1-4-11(7-10)16-13(18)9-17-6-2-5-12(17)8-15;/h1,3-4,7,12H,2,5-6,8-9,15H2,(H,16,18);1H. The summed E-state index contributed by atoms with van der Waals surface area (Å²) in [5.74, 6) is 0.0392. The molecule has 1 amide bonds. The Morgan fingerprint density at radius 2 is 2.32 bits per heavy atom. The minimum atomic E-state index is 0. The predicted octanol–water partition coefficient (Wildman–Crippen LogP) is 2.07. The molecule has 1 aliphatic heterocycles. The van der Waals surface area contributed by atoms with E-state index in [1.807, 2.05) is 24.3 Å². The van der Waals surface area contributed by atoms with Gasteiger partial charge in [-0.1, -0.05) is 6.07 Å². The number of carbonyl (C=O) groups is 1. The molecule has 0 saturated carbocycles. The first-order chi connectivity index (χ1) is 8.69. The summed E-state index contributed by atoms with van der Waals surface area (Å²) in [4.78, 5) is 14.1. The molecule has 1 heterocycles. The molecule has 3 N–H and O–H groups in total. The number of hydrogen-bond donors (Lipinski definition) is 2. The SMILES string of the molecule is Cl.NCC1CCCN1CC(=O)Nc1cccc(I)c1. The Balaban J connectivity index is 0.00000180. The van der Waals surface area contributed by atoms with Gasteiger partial charge in [-0.05, 0) is 60.2 Å². The quantitative estimate of drug-likeness (QED) is 0.768. The summed E-state index contributed by atoms with van der Waals surface area (Å²) in [6.45, 7) is 2.05. The van der Waals surface area contributed by atoms with Crippen LogP contribution in [-0.2, 0) is 4.79 Å². The van der Waals surface area contributed by atoms with Crippen LogP contribution < -0.4 is 11.1 Å². The van der Waals surface area contributed by atoms with Gasteiger partial charge >= 0.3 is 0 Å². The third-order valence-corrected chi connectivity index (χ3v) is 3.90. The summed E-state index contributed by atoms with van der Waals surface area (Å²) in [6, 6.07) is 8.18. The fourth-order valence-corrected chi connectivity index (χ4v) is 2.86. The molecule has 0 bridgehead atoms. The highest BCUT2D eigenvalue weighted by molar-refractivity contribution is 14.1. The Morgan fingerprint density at radius 1 is 1.53 bits per heavy atom. The number of nitrogens with two attached hydrogens (primary N) is 1. The first-order valence-electron chi connectivity index (χ1n) is 6.18. The average Bonchev–Trinajstić information content (AvgIpc) is 2.76. The molecule has 1 aromatic carbocycles. The lowest BCUT2D eigenvalue weighted by Crippen LogP contribution is -2.40. The van der Waals surface area contributed by atoms with E-state index in [1.54, 1.807) is 0 Å². The van der Waals surface area contributed by atoms with Crippen molar-refractivity contribution in [3.05, 3.63) is 27.8 Å². The van der Waals surface area contributed by atoms with E-state index >= 15 is 0 Å². The molecule has 0 aliphatic carbocycles. The Hall–Kier alpha value is -0.370. The van der Waals surface area contributed by atoms with E-state index in [1.165, 1.54) is 0 Å². The van der Waals surface area contributed by atoms with Crippen LogP contribution in [-0.4, -0.2) is 36.5 Å². The maximum Gasteiger partial charge on any atom is 0.238 e. The third-order valence-electron chi connectivity index (χ3n) is 3.23. The van der Waals surface area contributed by atoms with Crippen LogP contribution >= 0.6 is 35.0 Å². The first kappa shape index (κ1) is 16.7. The number of nitrogens with one attached hydrogen (secondary N) is 1. The lowest BCUT2D eigenvalue weighted by atomic mass is 10.2. The van der Waals surface area contributed by atoms with Gasteiger partial charge in [0, 0.05) is 21.8 Å². The molecule has 4 nitrogen and oxygen atoms in total. The van der Waals surface area contributed by atoms with Crippen LogP contribution in [0.1, 0.15) is 12.8 Å². The lowest BCUT2D eigenvalue weighted by Gasteiger charge is -2.22. The number of anilines is 1. The second kappa shape index (κ2) is 8.04. The Bertz CT molecular complexity index is 430. The molecule has 2 rings (SSSR count). The number of nitrogens with zero attached hydrogens (tertiary/aromatic N) is 1. The van der Waals surface area contributed by atoms with E-state index in [0.29, 0.717) is 19.1 Å². The van der Waals surface area contributed by atoms with Crippen molar-refractivity contribution in [3.8, 4) is 0 Å². The van der Waals surface area contributed by atoms with Gasteiger partial charge in [0.1, 0.15) is 0 Å². The third kappa shape index (κ3) is 4.91. The number of hydrogen-bond acceptors (Lipinski definition) is 3. The molecule has 1 aliphatic rings. The lowest BCUT2D eigenvalue weighted by molar-refractivity contribution is -0.117. The molecule has 1 fully saturated rings. The number of likely N-dealkylation sites (tertiary alicyclic amines) is 1. The van der Waals surface area contributed by atoms with Gasteiger partial charge in [0.15, 0.2) is 0 Å². The monoisotopic (exact) mass is 395 g/mol. The van der Waals surface area contributed by atoms with Crippen molar-refractivity contribution in [2.75, 3.05) is 25.0 Å². The molecule has 1 unspecified atom stereocenters. The fourth-order valence-electron chi connectivity index (χ4n) is 2.32. The smallest absolute Gasteiger partial charge is 0.238 e. The van der Waals surface area contributed by atoms with Crippen molar-refractivity contribution in [1.82, 2.24) is 4.90 Å². The van der Waals surface area contributed by atoms with Gasteiger partial charge in [-0.2, -0.15) is 0 Å². The summed E-state index contributed by atoms with van der Waals surface area (Å²) in [6.07, 6.45) is 2.24. The Morgan fingerprint density at radius 3 is 3.00 bits per heavy atom. The van der Waals surface area contributed by atoms with E-state index in [2.05, 4.69) is 32.8 Å². The van der Waals surface area contributed by atoms with Gasteiger partial charge < -0.3 is 11.1 Å². The van der Waals surface area contributed by atoms with E-state index in [0.717, 1.165) is 28.6 Å². The number of halogens is 2. The van der Waals surface area contributed by atoms with Crippen LogP contribution in [0.25, 0.3) is 0 Å². The van der Waals surface area contributed by atoms with Crippen molar-refractivity contribution < 1.29 is 4.79 Å². The summed E-state index contributed by atoms with van der Waals surface area (Å²) in [5.41, 5.74) is 6.55. The zero-order valence-electron chi connectivity index (χ0n) is 10.6. The minimum absolute atomic E-state index is 0. The highest BCUT2D eigenvalue weighted by atomic mass is 127. The normalized spacial score (nSPS) is 18.9. The molecule has 1 aromatic rings. The molecule has 19 heavy (non-hydrogen) atoms. The van der Waals surface area contributed by atoms with Gasteiger partial charge in [0.2, 0.25) is 5.91 Å². The van der Waals surface area contributed by atoms with E-state index in [9.17, 15) is 4.79 Å². The van der Waals surface area contributed by atoms with Crippen LogP contribution in [0.2, 0.25) is 0 Å². The first-order valence-corrected chi connectivity index (χ1v) is 7.26. The summed E-state index contributed by atoms with van der Waals surface area (Å²) in [5, 5.41) is 2.93. The molecule has 106 valence electrons. The highest BCUT2D eigenvalue weighted by Crippen LogP contribution is 2.16.